The number of fused-ring (bicyclic) bond motifs is 1. The Morgan fingerprint density at radius 1 is 1.27 bits per heavy atom. The number of carbonyl (C=O) groups is 2. The summed E-state index contributed by atoms with van der Waals surface area (Å²) in [6.45, 7) is -1.69. The van der Waals surface area contributed by atoms with Gasteiger partial charge in [0.15, 0.2) is 6.61 Å². The van der Waals surface area contributed by atoms with Crippen molar-refractivity contribution in [2.45, 2.75) is 30.8 Å². The minimum absolute atomic E-state index is 0.134. The highest BCUT2D eigenvalue weighted by atomic mass is 16.5. The van der Waals surface area contributed by atoms with E-state index in [1.807, 2.05) is 24.3 Å². The molecule has 1 aromatic heterocycles. The van der Waals surface area contributed by atoms with E-state index in [0.29, 0.717) is 0 Å². The average Bonchev–Trinajstić information content (AvgIpc) is 3.10. The first-order valence-electron chi connectivity index (χ1n) is 8.45. The predicted molar refractivity (Wildman–Crippen MR) is 91.1 cm³/mol. The van der Waals surface area contributed by atoms with Crippen LogP contribution < -0.4 is 5.73 Å². The lowest BCUT2D eigenvalue weighted by molar-refractivity contribution is -0.156. The van der Waals surface area contributed by atoms with Gasteiger partial charge in [0, 0.05) is 23.5 Å². The first-order chi connectivity index (χ1) is 12.9. The minimum atomic E-state index is -2.02. The van der Waals surface area contributed by atoms with Crippen molar-refractivity contribution in [1.82, 2.24) is 4.98 Å². The molecule has 142 valence electrons. The van der Waals surface area contributed by atoms with Gasteiger partial charge in [-0.05, 0) is 11.6 Å². The molecular formula is C17H22N2O7. The van der Waals surface area contributed by atoms with Gasteiger partial charge in [0.25, 0.3) is 0 Å². The average molecular weight is 367 g/mol. The van der Waals surface area contributed by atoms with Crippen molar-refractivity contribution >= 4 is 22.7 Å². The Bertz CT molecular complexity index is 781. The second-order valence-electron chi connectivity index (χ2n) is 5.88. The topological polar surface area (TPSA) is 166 Å². The summed E-state index contributed by atoms with van der Waals surface area (Å²) in [5.74, 6) is -1.92. The molecular weight excluding hydrogens is 344 g/mol. The van der Waals surface area contributed by atoms with Crippen molar-refractivity contribution < 1.29 is 36.2 Å². The van der Waals surface area contributed by atoms with E-state index in [1.165, 1.54) is 0 Å². The molecule has 26 heavy (non-hydrogen) atoms. The van der Waals surface area contributed by atoms with E-state index >= 15 is 0 Å². The lowest BCUT2D eigenvalue weighted by atomic mass is 10.0. The number of aromatic nitrogens is 1. The Labute approximate surface area is 150 Å². The third-order valence-electron chi connectivity index (χ3n) is 3.97. The van der Waals surface area contributed by atoms with Gasteiger partial charge in [0.1, 0.15) is 25.8 Å². The van der Waals surface area contributed by atoms with Gasteiger partial charge >= 0.3 is 5.97 Å². The molecule has 4 atom stereocenters. The van der Waals surface area contributed by atoms with Crippen LogP contribution in [0.2, 0.25) is 1.41 Å². The van der Waals surface area contributed by atoms with Crippen LogP contribution in [-0.2, 0) is 20.7 Å². The van der Waals surface area contributed by atoms with Crippen LogP contribution in [0, 0.1) is 0 Å². The van der Waals surface area contributed by atoms with E-state index in [1.54, 1.807) is 6.20 Å². The molecule has 9 heteroatoms. The summed E-state index contributed by atoms with van der Waals surface area (Å²) < 4.78 is 12.1. The zero-order valence-corrected chi connectivity index (χ0v) is 13.8. The number of aliphatic hydroxyl groups excluding tert-OH is 4. The fraction of sp³-hybridized carbons (Fsp3) is 0.412. The number of aromatic amines is 1. The number of hydrogen-bond acceptors (Lipinski definition) is 8. The van der Waals surface area contributed by atoms with Crippen LogP contribution >= 0.6 is 0 Å². The van der Waals surface area contributed by atoms with Crippen LogP contribution in [-0.4, -0.2) is 74.7 Å². The molecule has 0 aliphatic heterocycles. The molecule has 0 spiro atoms. The number of nitrogens with one attached hydrogen (secondary N) is 1. The molecule has 0 aliphatic carbocycles. The Morgan fingerprint density at radius 2 is 2.00 bits per heavy atom. The molecule has 1 aromatic carbocycles. The van der Waals surface area contributed by atoms with Gasteiger partial charge in [-0.25, -0.2) is 0 Å². The zero-order chi connectivity index (χ0) is 20.0. The lowest BCUT2D eigenvalue weighted by Crippen LogP contribution is -2.45. The van der Waals surface area contributed by atoms with E-state index in [9.17, 15) is 24.9 Å². The highest BCUT2D eigenvalue weighted by Gasteiger charge is 2.30. The Morgan fingerprint density at radius 3 is 2.69 bits per heavy atom. The number of carbonyl (C=O) groups excluding carboxylic acids is 2. The molecule has 0 unspecified atom stereocenters. The van der Waals surface area contributed by atoms with Crippen molar-refractivity contribution in [1.29, 1.82) is 0 Å². The van der Waals surface area contributed by atoms with Gasteiger partial charge < -0.3 is 35.9 Å². The summed E-state index contributed by atoms with van der Waals surface area (Å²) in [4.78, 5) is 26.9. The molecule has 0 saturated heterocycles. The SMILES string of the molecule is [2H]N[C@@H](Cc1c[nH]c2ccccc12)C(=O)OCC(=O)[C@@H](O)[C@H](O)[C@H](O)CO. The summed E-state index contributed by atoms with van der Waals surface area (Å²) in [5.41, 5.74) is 3.73. The van der Waals surface area contributed by atoms with Crippen LogP contribution in [0.5, 0.6) is 0 Å². The number of nitrogens with two attached hydrogens (primary N) is 1. The summed E-state index contributed by atoms with van der Waals surface area (Å²) in [5, 5.41) is 37.9. The van der Waals surface area contributed by atoms with Gasteiger partial charge in [-0.2, -0.15) is 0 Å². The van der Waals surface area contributed by atoms with Crippen LogP contribution in [0.1, 0.15) is 5.56 Å². The van der Waals surface area contributed by atoms with Crippen LogP contribution in [0.3, 0.4) is 0 Å². The molecule has 2 rings (SSSR count). The van der Waals surface area contributed by atoms with Crippen molar-refractivity contribution in [3.05, 3.63) is 36.0 Å². The van der Waals surface area contributed by atoms with Crippen LogP contribution in [0.25, 0.3) is 10.9 Å². The maximum absolute atomic E-state index is 12.1. The third kappa shape index (κ3) is 4.65. The van der Waals surface area contributed by atoms with Gasteiger partial charge in [0.2, 0.25) is 5.78 Å². The summed E-state index contributed by atoms with van der Waals surface area (Å²) in [6, 6.07) is 6.37. The number of rotatable bonds is 10. The van der Waals surface area contributed by atoms with E-state index < -0.39 is 49.3 Å². The van der Waals surface area contributed by atoms with Crippen molar-refractivity contribution in [2.75, 3.05) is 13.2 Å². The van der Waals surface area contributed by atoms with Crippen molar-refractivity contribution in [2.24, 2.45) is 5.73 Å². The number of ketones is 1. The highest BCUT2D eigenvalue weighted by molar-refractivity contribution is 5.88. The molecule has 1 heterocycles. The van der Waals surface area contributed by atoms with Gasteiger partial charge in [0.05, 0.1) is 6.61 Å². The number of hydrogen-bond donors (Lipinski definition) is 6. The molecule has 0 fully saturated rings. The molecule has 9 nitrogen and oxygen atoms in total. The monoisotopic (exact) mass is 367 g/mol. The maximum Gasteiger partial charge on any atom is 0.323 e. The second-order valence-corrected chi connectivity index (χ2v) is 5.88. The van der Waals surface area contributed by atoms with E-state index in [4.69, 9.17) is 11.3 Å². The third-order valence-corrected chi connectivity index (χ3v) is 3.97. The zero-order valence-electron chi connectivity index (χ0n) is 14.8. The summed E-state index contributed by atoms with van der Waals surface area (Å²) in [7, 11) is 0. The Kier molecular flexibility index (Phi) is 6.31. The number of esters is 1. The number of Topliss-reactive ketones (excluding diaryl/α,β-unsaturated/α-hetero) is 1. The number of benzene rings is 1. The van der Waals surface area contributed by atoms with Crippen molar-refractivity contribution in [3.8, 4) is 0 Å². The molecule has 0 amide bonds. The molecule has 7 N–H and O–H groups in total. The first-order valence-corrected chi connectivity index (χ1v) is 7.95. The highest BCUT2D eigenvalue weighted by Crippen LogP contribution is 2.19. The predicted octanol–water partition coefficient (Wildman–Crippen LogP) is -1.78. The van der Waals surface area contributed by atoms with Gasteiger partial charge in [-0.15, -0.1) is 0 Å². The maximum atomic E-state index is 12.1. The Balaban J connectivity index is 1.94. The van der Waals surface area contributed by atoms with Gasteiger partial charge in [-0.1, -0.05) is 18.2 Å². The molecule has 0 saturated carbocycles. The minimum Gasteiger partial charge on any atom is -0.456 e. The van der Waals surface area contributed by atoms with E-state index in [2.05, 4.69) is 10.7 Å². The van der Waals surface area contributed by atoms with E-state index in [0.717, 1.165) is 16.5 Å². The molecule has 2 aromatic rings. The first kappa shape index (κ1) is 18.5. The van der Waals surface area contributed by atoms with Crippen molar-refractivity contribution in [3.63, 3.8) is 0 Å². The van der Waals surface area contributed by atoms with Crippen LogP contribution in [0.15, 0.2) is 30.5 Å². The molecule has 0 radical (unpaired) electrons. The number of ether oxygens (including phenoxy) is 1. The quantitative estimate of drug-likeness (QED) is 0.268. The fourth-order valence-electron chi connectivity index (χ4n) is 2.44. The smallest absolute Gasteiger partial charge is 0.323 e. The van der Waals surface area contributed by atoms with E-state index in [-0.39, 0.29) is 6.42 Å². The van der Waals surface area contributed by atoms with Gasteiger partial charge in [-0.3, -0.25) is 9.59 Å². The Hall–Kier alpha value is -2.30. The molecule has 0 bridgehead atoms. The lowest BCUT2D eigenvalue weighted by Gasteiger charge is -2.20. The standard InChI is InChI=1S/C17H22N2O7/c18-11(5-9-6-19-12-4-2-1-3-10(9)12)17(25)26-8-14(22)16(24)15(23)13(21)7-20/h1-4,6,11,13,15-16,19-21,23-24H,5,7-8,18H2/t11-,13+,15+,16+/m0/s1/i/hD. The fourth-order valence-corrected chi connectivity index (χ4v) is 2.44. The number of H-pyrrole nitrogens is 1. The largest absolute Gasteiger partial charge is 0.456 e. The summed E-state index contributed by atoms with van der Waals surface area (Å²) >= 11 is 0. The number of aliphatic hydroxyl groups is 4. The number of para-hydroxylation sites is 1. The summed E-state index contributed by atoms with van der Waals surface area (Å²) in [6.07, 6.45) is -3.78. The second kappa shape index (κ2) is 8.88. The molecule has 0 aliphatic rings. The normalized spacial score (nSPS) is 16.5. The van der Waals surface area contributed by atoms with Crippen LogP contribution in [0.4, 0.5) is 0 Å².